The number of nitrogens with zero attached hydrogens (tertiary/aromatic N) is 1. The number of carbonyl (C=O) groups is 3. The minimum absolute atomic E-state index is 0.425. The number of urea groups is 1. The fraction of sp³-hybridized carbons (Fsp3) is 0.769. The van der Waals surface area contributed by atoms with Crippen LogP contribution in [0, 0.1) is 0 Å². The maximum absolute atomic E-state index is 12.3. The van der Waals surface area contributed by atoms with Crippen molar-refractivity contribution in [3.63, 3.8) is 0 Å². The van der Waals surface area contributed by atoms with Crippen molar-refractivity contribution < 1.29 is 24.2 Å². The van der Waals surface area contributed by atoms with Gasteiger partial charge in [-0.15, -0.1) is 0 Å². The summed E-state index contributed by atoms with van der Waals surface area (Å²) in [7, 11) is 1.13. The minimum atomic E-state index is -1.92. The van der Waals surface area contributed by atoms with Crippen LogP contribution in [0.25, 0.3) is 0 Å². The zero-order chi connectivity index (χ0) is 15.6. The third-order valence-electron chi connectivity index (χ3n) is 3.47. The Kier molecular flexibility index (Phi) is 4.75. The number of ether oxygens (including phenoxy) is 1. The smallest absolute Gasteiger partial charge is 0.339 e. The molecule has 2 unspecified atom stereocenters. The summed E-state index contributed by atoms with van der Waals surface area (Å²) < 4.78 is 4.45. The lowest BCUT2D eigenvalue weighted by Gasteiger charge is -2.26. The maximum atomic E-state index is 12.3. The van der Waals surface area contributed by atoms with Crippen LogP contribution in [-0.2, 0) is 14.3 Å². The van der Waals surface area contributed by atoms with Crippen molar-refractivity contribution in [2.45, 2.75) is 51.2 Å². The first-order chi connectivity index (χ1) is 9.18. The lowest BCUT2D eigenvalue weighted by atomic mass is 9.94. The molecule has 0 saturated carbocycles. The van der Waals surface area contributed by atoms with Gasteiger partial charge in [0.25, 0.3) is 5.91 Å². The lowest BCUT2D eigenvalue weighted by Crippen LogP contribution is -2.50. The van der Waals surface area contributed by atoms with Gasteiger partial charge < -0.3 is 15.2 Å². The second kappa shape index (κ2) is 5.78. The predicted octanol–water partition coefficient (Wildman–Crippen LogP) is 0.411. The summed E-state index contributed by atoms with van der Waals surface area (Å²) in [6, 6.07) is -0.599. The number of esters is 1. The number of hydrogen-bond donors (Lipinski definition) is 2. The quantitative estimate of drug-likeness (QED) is 0.544. The van der Waals surface area contributed by atoms with Crippen LogP contribution in [-0.4, -0.2) is 52.7 Å². The zero-order valence-electron chi connectivity index (χ0n) is 12.4. The third kappa shape index (κ3) is 3.09. The first-order valence-corrected chi connectivity index (χ1v) is 6.63. The Bertz CT molecular complexity index is 421. The minimum Gasteiger partial charge on any atom is -0.467 e. The van der Waals surface area contributed by atoms with Crippen LogP contribution >= 0.6 is 0 Å². The molecule has 1 fully saturated rings. The summed E-state index contributed by atoms with van der Waals surface area (Å²) in [6.45, 7) is 4.42. The van der Waals surface area contributed by atoms with E-state index in [-0.39, 0.29) is 0 Å². The number of unbranched alkanes of at least 4 members (excludes halogenated alkanes) is 1. The molecule has 0 aromatic carbocycles. The van der Waals surface area contributed by atoms with Gasteiger partial charge in [-0.1, -0.05) is 19.8 Å². The van der Waals surface area contributed by atoms with Crippen molar-refractivity contribution >= 4 is 17.9 Å². The Morgan fingerprint density at radius 2 is 2.10 bits per heavy atom. The monoisotopic (exact) mass is 286 g/mol. The molecular formula is C13H22N2O5. The molecule has 114 valence electrons. The van der Waals surface area contributed by atoms with Gasteiger partial charge >= 0.3 is 12.0 Å². The van der Waals surface area contributed by atoms with Crippen LogP contribution in [0.2, 0.25) is 0 Å². The van der Waals surface area contributed by atoms with Crippen LogP contribution < -0.4 is 5.32 Å². The van der Waals surface area contributed by atoms with Crippen LogP contribution in [0.15, 0.2) is 0 Å². The summed E-state index contributed by atoms with van der Waals surface area (Å²) in [5.74, 6) is -1.32. The molecule has 7 heteroatoms. The highest BCUT2D eigenvalue weighted by Gasteiger charge is 2.50. The van der Waals surface area contributed by atoms with E-state index in [0.717, 1.165) is 24.9 Å². The lowest BCUT2D eigenvalue weighted by molar-refractivity contribution is -0.162. The highest BCUT2D eigenvalue weighted by molar-refractivity contribution is 6.07. The van der Waals surface area contributed by atoms with E-state index >= 15 is 0 Å². The van der Waals surface area contributed by atoms with E-state index < -0.39 is 35.6 Å². The van der Waals surface area contributed by atoms with Crippen LogP contribution in [0.3, 0.4) is 0 Å². The van der Waals surface area contributed by atoms with E-state index in [1.54, 1.807) is 6.92 Å². The summed E-state index contributed by atoms with van der Waals surface area (Å²) >= 11 is 0. The number of aliphatic hydroxyl groups is 1. The molecule has 7 nitrogen and oxygen atoms in total. The van der Waals surface area contributed by atoms with Crippen LogP contribution in [0.5, 0.6) is 0 Å². The highest BCUT2D eigenvalue weighted by atomic mass is 16.5. The number of β-amino-alcohol motifs (C(OH)–C–C–N with tert-alkyl or cyclic N) is 1. The van der Waals surface area contributed by atoms with E-state index in [9.17, 15) is 19.5 Å². The molecule has 2 atom stereocenters. The summed E-state index contributed by atoms with van der Waals surface area (Å²) in [6.07, 6.45) is 2.22. The molecular weight excluding hydrogens is 264 g/mol. The van der Waals surface area contributed by atoms with Crippen LogP contribution in [0.1, 0.15) is 40.0 Å². The number of rotatable bonds is 6. The molecule has 1 aliphatic heterocycles. The molecule has 0 spiro atoms. The molecule has 1 heterocycles. The summed E-state index contributed by atoms with van der Waals surface area (Å²) in [5.41, 5.74) is -2.89. The van der Waals surface area contributed by atoms with Crippen molar-refractivity contribution in [2.75, 3.05) is 13.7 Å². The van der Waals surface area contributed by atoms with Crippen molar-refractivity contribution in [1.29, 1.82) is 0 Å². The van der Waals surface area contributed by atoms with Gasteiger partial charge in [0.1, 0.15) is 5.54 Å². The van der Waals surface area contributed by atoms with E-state index in [1.165, 1.54) is 6.92 Å². The number of nitrogens with one attached hydrogen (secondary N) is 1. The van der Waals surface area contributed by atoms with E-state index in [1.807, 2.05) is 6.92 Å². The Labute approximate surface area is 118 Å². The summed E-state index contributed by atoms with van der Waals surface area (Å²) in [5, 5.41) is 12.6. The second-order valence-corrected chi connectivity index (χ2v) is 5.52. The van der Waals surface area contributed by atoms with E-state index in [2.05, 4.69) is 10.1 Å². The van der Waals surface area contributed by atoms with Crippen LogP contribution in [0.4, 0.5) is 4.79 Å². The Balaban J connectivity index is 2.85. The van der Waals surface area contributed by atoms with Gasteiger partial charge in [0, 0.05) is 0 Å². The third-order valence-corrected chi connectivity index (χ3v) is 3.47. The predicted molar refractivity (Wildman–Crippen MR) is 70.8 cm³/mol. The zero-order valence-corrected chi connectivity index (χ0v) is 12.4. The molecule has 0 aromatic heterocycles. The van der Waals surface area contributed by atoms with Gasteiger partial charge in [-0.2, -0.15) is 0 Å². The second-order valence-electron chi connectivity index (χ2n) is 5.52. The van der Waals surface area contributed by atoms with Gasteiger partial charge in [-0.25, -0.2) is 9.59 Å². The van der Waals surface area contributed by atoms with Gasteiger partial charge in [0.15, 0.2) is 5.60 Å². The fourth-order valence-corrected chi connectivity index (χ4v) is 2.18. The van der Waals surface area contributed by atoms with Gasteiger partial charge in [-0.3, -0.25) is 9.69 Å². The Morgan fingerprint density at radius 1 is 1.50 bits per heavy atom. The normalized spacial score (nSPS) is 25.4. The van der Waals surface area contributed by atoms with E-state index in [0.29, 0.717) is 6.42 Å². The maximum Gasteiger partial charge on any atom is 0.339 e. The SMILES string of the molecule is CCCCC1(C)NC(=O)N(CC(C)(O)C(=O)OC)C1=O. The number of hydrogen-bond acceptors (Lipinski definition) is 5. The first kappa shape index (κ1) is 16.4. The molecule has 1 aliphatic rings. The van der Waals surface area contributed by atoms with Crippen molar-refractivity contribution in [3.05, 3.63) is 0 Å². The molecule has 0 aromatic rings. The van der Waals surface area contributed by atoms with Gasteiger partial charge in [0.2, 0.25) is 0 Å². The van der Waals surface area contributed by atoms with Crippen molar-refractivity contribution in [2.24, 2.45) is 0 Å². The van der Waals surface area contributed by atoms with E-state index in [4.69, 9.17) is 0 Å². The average molecular weight is 286 g/mol. The Hall–Kier alpha value is -1.63. The summed E-state index contributed by atoms with van der Waals surface area (Å²) in [4.78, 5) is 36.5. The largest absolute Gasteiger partial charge is 0.467 e. The Morgan fingerprint density at radius 3 is 2.60 bits per heavy atom. The number of carbonyl (C=O) groups excluding carboxylic acids is 3. The average Bonchev–Trinajstić information content (AvgIpc) is 2.59. The van der Waals surface area contributed by atoms with Crippen molar-refractivity contribution in [3.8, 4) is 0 Å². The van der Waals surface area contributed by atoms with Gasteiger partial charge in [0.05, 0.1) is 13.7 Å². The topological polar surface area (TPSA) is 95.9 Å². The molecule has 3 amide bonds. The van der Waals surface area contributed by atoms with Crippen molar-refractivity contribution in [1.82, 2.24) is 10.2 Å². The standard InChI is InChI=1S/C13H22N2O5/c1-5-6-7-12(2)9(16)15(11(18)14-12)8-13(3,19)10(17)20-4/h19H,5-8H2,1-4H3,(H,14,18). The van der Waals surface area contributed by atoms with Gasteiger partial charge in [-0.05, 0) is 20.3 Å². The number of methoxy groups -OCH3 is 1. The highest BCUT2D eigenvalue weighted by Crippen LogP contribution is 2.25. The molecule has 0 bridgehead atoms. The molecule has 0 aliphatic carbocycles. The first-order valence-electron chi connectivity index (χ1n) is 6.63. The number of imide groups is 1. The number of amides is 3. The molecule has 2 N–H and O–H groups in total. The molecule has 20 heavy (non-hydrogen) atoms. The molecule has 1 saturated heterocycles. The molecule has 0 radical (unpaired) electrons. The fourth-order valence-electron chi connectivity index (χ4n) is 2.18. The molecule has 1 rings (SSSR count).